The molecule has 0 aliphatic rings. The number of sulfonamides is 1. The van der Waals surface area contributed by atoms with Gasteiger partial charge in [0.2, 0.25) is 0 Å². The average molecular weight is 310 g/mol. The van der Waals surface area contributed by atoms with Gasteiger partial charge in [-0.05, 0) is 42.8 Å². The molecule has 6 nitrogen and oxygen atoms in total. The molecule has 8 heteroatoms. The van der Waals surface area contributed by atoms with Crippen LogP contribution < -0.4 is 4.72 Å². The van der Waals surface area contributed by atoms with Crippen molar-refractivity contribution in [1.82, 2.24) is 4.98 Å². The van der Waals surface area contributed by atoms with Crippen molar-refractivity contribution in [3.63, 3.8) is 0 Å². The normalized spacial score (nSPS) is 11.1. The van der Waals surface area contributed by atoms with Gasteiger partial charge in [0.25, 0.3) is 10.0 Å². The first-order valence-electron chi connectivity index (χ1n) is 5.78. The van der Waals surface area contributed by atoms with Gasteiger partial charge in [0.1, 0.15) is 5.82 Å². The lowest BCUT2D eigenvalue weighted by Gasteiger charge is -2.08. The largest absolute Gasteiger partial charge is 0.478 e. The monoisotopic (exact) mass is 310 g/mol. The van der Waals surface area contributed by atoms with Crippen molar-refractivity contribution in [1.29, 1.82) is 0 Å². The number of aromatic carboxylic acids is 1. The highest BCUT2D eigenvalue weighted by Gasteiger charge is 2.17. The maximum Gasteiger partial charge on any atom is 0.337 e. The van der Waals surface area contributed by atoms with Crippen LogP contribution in [0.3, 0.4) is 0 Å². The summed E-state index contributed by atoms with van der Waals surface area (Å²) in [7, 11) is -3.96. The van der Waals surface area contributed by atoms with E-state index in [0.29, 0.717) is 5.56 Å². The summed E-state index contributed by atoms with van der Waals surface area (Å²) in [5.74, 6) is -1.64. The van der Waals surface area contributed by atoms with E-state index in [1.165, 1.54) is 19.1 Å². The minimum atomic E-state index is -3.96. The summed E-state index contributed by atoms with van der Waals surface area (Å²) >= 11 is 0. The third-order valence-electron chi connectivity index (χ3n) is 2.67. The van der Waals surface area contributed by atoms with Crippen molar-refractivity contribution in [2.75, 3.05) is 4.72 Å². The second kappa shape index (κ2) is 5.49. The molecular weight excluding hydrogens is 299 g/mol. The molecule has 1 aromatic carbocycles. The third-order valence-corrected chi connectivity index (χ3v) is 3.97. The predicted octanol–water partition coefficient (Wildman–Crippen LogP) is 2.03. The highest BCUT2D eigenvalue weighted by Crippen LogP contribution is 2.17. The zero-order valence-corrected chi connectivity index (χ0v) is 11.7. The molecule has 0 amide bonds. The van der Waals surface area contributed by atoms with E-state index in [0.717, 1.165) is 24.4 Å². The van der Waals surface area contributed by atoms with E-state index in [1.54, 1.807) is 0 Å². The molecule has 110 valence electrons. The first kappa shape index (κ1) is 14.9. The fraction of sp³-hybridized carbons (Fsp3) is 0.0769. The molecule has 0 aliphatic carbocycles. The molecule has 0 unspecified atom stereocenters. The molecule has 0 bridgehead atoms. The van der Waals surface area contributed by atoms with Gasteiger partial charge < -0.3 is 5.11 Å². The summed E-state index contributed by atoms with van der Waals surface area (Å²) in [6, 6.07) is 6.00. The molecule has 0 saturated carbocycles. The highest BCUT2D eigenvalue weighted by atomic mass is 32.2. The number of nitrogens with one attached hydrogen (secondary N) is 1. The molecule has 0 spiro atoms. The smallest absolute Gasteiger partial charge is 0.337 e. The summed E-state index contributed by atoms with van der Waals surface area (Å²) in [5, 5.41) is 8.41. The molecule has 2 aromatic rings. The first-order chi connectivity index (χ1) is 9.79. The zero-order valence-electron chi connectivity index (χ0n) is 10.9. The van der Waals surface area contributed by atoms with E-state index >= 15 is 0 Å². The standard InChI is InChI=1S/C13H11FN2O4S/c1-8-6-10(3-4-11(8)14)16-21(19,20)12-5-2-9(7-15-12)13(17)18/h2-7,16H,1H3,(H,17,18). The van der Waals surface area contributed by atoms with Crippen molar-refractivity contribution in [3.05, 3.63) is 53.5 Å². The summed E-state index contributed by atoms with van der Waals surface area (Å²) in [5.41, 5.74) is 0.369. The van der Waals surface area contributed by atoms with Gasteiger partial charge in [0.05, 0.1) is 5.56 Å². The van der Waals surface area contributed by atoms with Crippen LogP contribution >= 0.6 is 0 Å². The molecule has 0 saturated heterocycles. The Morgan fingerprint density at radius 2 is 2.00 bits per heavy atom. The Balaban J connectivity index is 2.29. The van der Waals surface area contributed by atoms with Crippen molar-refractivity contribution < 1.29 is 22.7 Å². The molecule has 0 radical (unpaired) electrons. The molecule has 1 heterocycles. The lowest BCUT2D eigenvalue weighted by Crippen LogP contribution is -2.15. The van der Waals surface area contributed by atoms with Crippen LogP contribution in [0.2, 0.25) is 0 Å². The number of pyridine rings is 1. The van der Waals surface area contributed by atoms with E-state index < -0.39 is 21.8 Å². The number of aryl methyl sites for hydroxylation is 1. The number of hydrogen-bond donors (Lipinski definition) is 2. The van der Waals surface area contributed by atoms with Gasteiger partial charge in [-0.2, -0.15) is 8.42 Å². The summed E-state index contributed by atoms with van der Waals surface area (Å²) in [4.78, 5) is 14.3. The van der Waals surface area contributed by atoms with Gasteiger partial charge >= 0.3 is 5.97 Å². The highest BCUT2D eigenvalue weighted by molar-refractivity contribution is 7.92. The maximum atomic E-state index is 13.1. The number of hydrogen-bond acceptors (Lipinski definition) is 4. The minimum Gasteiger partial charge on any atom is -0.478 e. The number of carboxylic acid groups (broad SMARTS) is 1. The van der Waals surface area contributed by atoms with Crippen LogP contribution in [0.1, 0.15) is 15.9 Å². The second-order valence-electron chi connectivity index (χ2n) is 4.26. The van der Waals surface area contributed by atoms with E-state index in [-0.39, 0.29) is 16.3 Å². The number of rotatable bonds is 4. The molecule has 2 rings (SSSR count). The second-order valence-corrected chi connectivity index (χ2v) is 5.89. The molecular formula is C13H11FN2O4S. The number of halogens is 1. The van der Waals surface area contributed by atoms with E-state index in [2.05, 4.69) is 9.71 Å². The number of carboxylic acids is 1. The Morgan fingerprint density at radius 3 is 2.52 bits per heavy atom. The summed E-state index contributed by atoms with van der Waals surface area (Å²) in [6.07, 6.45) is 0.951. The Labute approximate surface area is 120 Å². The van der Waals surface area contributed by atoms with Crippen molar-refractivity contribution in [2.45, 2.75) is 11.9 Å². The molecule has 0 fully saturated rings. The maximum absolute atomic E-state index is 13.1. The average Bonchev–Trinajstić information content (AvgIpc) is 2.43. The van der Waals surface area contributed by atoms with Gasteiger partial charge in [-0.1, -0.05) is 0 Å². The van der Waals surface area contributed by atoms with Crippen molar-refractivity contribution in [2.24, 2.45) is 0 Å². The van der Waals surface area contributed by atoms with Gasteiger partial charge in [-0.3, -0.25) is 4.72 Å². The van der Waals surface area contributed by atoms with Crippen LogP contribution in [0.15, 0.2) is 41.6 Å². The molecule has 21 heavy (non-hydrogen) atoms. The number of anilines is 1. The van der Waals surface area contributed by atoms with Crippen LogP contribution in [-0.2, 0) is 10.0 Å². The summed E-state index contributed by atoms with van der Waals surface area (Å²) < 4.78 is 39.5. The fourth-order valence-corrected chi connectivity index (χ4v) is 2.56. The number of carbonyl (C=O) groups is 1. The van der Waals surface area contributed by atoms with Crippen LogP contribution in [0.25, 0.3) is 0 Å². The number of benzene rings is 1. The van der Waals surface area contributed by atoms with Crippen LogP contribution in [0.5, 0.6) is 0 Å². The van der Waals surface area contributed by atoms with Crippen LogP contribution in [-0.4, -0.2) is 24.5 Å². The topological polar surface area (TPSA) is 96.4 Å². The first-order valence-corrected chi connectivity index (χ1v) is 7.26. The molecule has 0 atom stereocenters. The van der Waals surface area contributed by atoms with Crippen molar-refractivity contribution in [3.8, 4) is 0 Å². The molecule has 2 N–H and O–H groups in total. The van der Waals surface area contributed by atoms with E-state index in [1.807, 2.05) is 0 Å². The van der Waals surface area contributed by atoms with Crippen LogP contribution in [0, 0.1) is 12.7 Å². The van der Waals surface area contributed by atoms with Crippen molar-refractivity contribution >= 4 is 21.7 Å². The van der Waals surface area contributed by atoms with Gasteiger partial charge in [-0.25, -0.2) is 14.2 Å². The minimum absolute atomic E-state index is 0.119. The number of aromatic nitrogens is 1. The Hall–Kier alpha value is -2.48. The summed E-state index contributed by atoms with van der Waals surface area (Å²) in [6.45, 7) is 1.51. The Kier molecular flexibility index (Phi) is 3.90. The number of nitrogens with zero attached hydrogens (tertiary/aromatic N) is 1. The Bertz CT molecular complexity index is 788. The Morgan fingerprint density at radius 1 is 1.29 bits per heavy atom. The molecule has 0 aliphatic heterocycles. The van der Waals surface area contributed by atoms with E-state index in [9.17, 15) is 17.6 Å². The van der Waals surface area contributed by atoms with Gasteiger partial charge in [-0.15, -0.1) is 0 Å². The predicted molar refractivity (Wildman–Crippen MR) is 73.1 cm³/mol. The van der Waals surface area contributed by atoms with Gasteiger partial charge in [0.15, 0.2) is 5.03 Å². The third kappa shape index (κ3) is 3.34. The SMILES string of the molecule is Cc1cc(NS(=O)(=O)c2ccc(C(=O)O)cn2)ccc1F. The van der Waals surface area contributed by atoms with E-state index in [4.69, 9.17) is 5.11 Å². The lowest BCUT2D eigenvalue weighted by molar-refractivity contribution is 0.0696. The quantitative estimate of drug-likeness (QED) is 0.900. The van der Waals surface area contributed by atoms with Crippen LogP contribution in [0.4, 0.5) is 10.1 Å². The lowest BCUT2D eigenvalue weighted by atomic mass is 10.2. The molecule has 1 aromatic heterocycles. The fourth-order valence-electron chi connectivity index (χ4n) is 1.58. The van der Waals surface area contributed by atoms with Gasteiger partial charge in [0, 0.05) is 11.9 Å². The zero-order chi connectivity index (χ0) is 15.6.